The molecule has 1 atom stereocenters. The molecule has 1 rings (SSSR count). The standard InChI is InChI=1S/C13H25N3O/c1-4-12(5-2)16-9-6-11(15-16)10-13(3,17)7-8-14/h6,9,12,17H,4-5,7-8,10,14H2,1-3H3. The zero-order valence-electron chi connectivity index (χ0n) is 11.2. The Kier molecular flexibility index (Phi) is 5.15. The van der Waals surface area contributed by atoms with Crippen LogP contribution in [0.15, 0.2) is 12.3 Å². The normalized spacial score (nSPS) is 15.2. The van der Waals surface area contributed by atoms with Crippen LogP contribution in [0.2, 0.25) is 0 Å². The van der Waals surface area contributed by atoms with Crippen LogP contribution in [0.5, 0.6) is 0 Å². The molecule has 1 heterocycles. The Morgan fingerprint density at radius 1 is 1.47 bits per heavy atom. The molecule has 3 N–H and O–H groups in total. The minimum atomic E-state index is -0.748. The molecular formula is C13H25N3O. The minimum absolute atomic E-state index is 0.461. The van der Waals surface area contributed by atoms with E-state index < -0.39 is 5.60 Å². The molecule has 1 aromatic heterocycles. The first kappa shape index (κ1) is 14.2. The first-order valence-corrected chi connectivity index (χ1v) is 6.49. The van der Waals surface area contributed by atoms with Crippen molar-refractivity contribution in [2.45, 2.75) is 58.1 Å². The van der Waals surface area contributed by atoms with Gasteiger partial charge in [0.05, 0.1) is 17.3 Å². The maximum Gasteiger partial charge on any atom is 0.0687 e. The van der Waals surface area contributed by atoms with E-state index in [1.165, 1.54) is 0 Å². The average Bonchev–Trinajstić information content (AvgIpc) is 2.67. The second-order valence-corrected chi connectivity index (χ2v) is 4.97. The lowest BCUT2D eigenvalue weighted by molar-refractivity contribution is 0.0527. The molecule has 1 aromatic rings. The highest BCUT2D eigenvalue weighted by Gasteiger charge is 2.21. The molecule has 0 fully saturated rings. The third-order valence-electron chi connectivity index (χ3n) is 3.23. The maximum absolute atomic E-state index is 10.1. The van der Waals surface area contributed by atoms with Gasteiger partial charge in [0.1, 0.15) is 0 Å². The summed E-state index contributed by atoms with van der Waals surface area (Å²) in [5.41, 5.74) is 5.67. The maximum atomic E-state index is 10.1. The van der Waals surface area contributed by atoms with Gasteiger partial charge in [0, 0.05) is 12.6 Å². The van der Waals surface area contributed by atoms with Gasteiger partial charge in [-0.2, -0.15) is 5.10 Å². The van der Waals surface area contributed by atoms with E-state index in [2.05, 4.69) is 18.9 Å². The quantitative estimate of drug-likeness (QED) is 0.763. The molecule has 0 aliphatic heterocycles. The average molecular weight is 239 g/mol. The summed E-state index contributed by atoms with van der Waals surface area (Å²) in [6, 6.07) is 2.45. The van der Waals surface area contributed by atoms with Gasteiger partial charge in [-0.25, -0.2) is 0 Å². The van der Waals surface area contributed by atoms with Gasteiger partial charge >= 0.3 is 0 Å². The van der Waals surface area contributed by atoms with Gasteiger partial charge in [-0.1, -0.05) is 13.8 Å². The Balaban J connectivity index is 2.68. The predicted molar refractivity (Wildman–Crippen MR) is 69.8 cm³/mol. The van der Waals surface area contributed by atoms with E-state index >= 15 is 0 Å². The first-order valence-electron chi connectivity index (χ1n) is 6.49. The van der Waals surface area contributed by atoms with Crippen molar-refractivity contribution in [3.8, 4) is 0 Å². The summed E-state index contributed by atoms with van der Waals surface area (Å²) in [6.45, 7) is 6.65. The largest absolute Gasteiger partial charge is 0.390 e. The van der Waals surface area contributed by atoms with Crippen molar-refractivity contribution < 1.29 is 5.11 Å². The van der Waals surface area contributed by atoms with Crippen molar-refractivity contribution in [2.24, 2.45) is 5.73 Å². The molecule has 0 bridgehead atoms. The highest BCUT2D eigenvalue weighted by atomic mass is 16.3. The van der Waals surface area contributed by atoms with E-state index in [4.69, 9.17) is 5.73 Å². The van der Waals surface area contributed by atoms with Gasteiger partial charge in [0.25, 0.3) is 0 Å². The molecule has 0 aliphatic rings. The van der Waals surface area contributed by atoms with Crippen LogP contribution < -0.4 is 5.73 Å². The van der Waals surface area contributed by atoms with Crippen LogP contribution in [-0.4, -0.2) is 27.0 Å². The topological polar surface area (TPSA) is 64.1 Å². The Morgan fingerprint density at radius 2 is 2.12 bits per heavy atom. The highest BCUT2D eigenvalue weighted by molar-refractivity contribution is 5.04. The summed E-state index contributed by atoms with van der Waals surface area (Å²) < 4.78 is 2.01. The Hall–Kier alpha value is -0.870. The summed E-state index contributed by atoms with van der Waals surface area (Å²) in [4.78, 5) is 0. The minimum Gasteiger partial charge on any atom is -0.390 e. The van der Waals surface area contributed by atoms with Gasteiger partial charge in [-0.15, -0.1) is 0 Å². The Bertz CT molecular complexity index is 329. The van der Waals surface area contributed by atoms with Gasteiger partial charge < -0.3 is 10.8 Å². The zero-order chi connectivity index (χ0) is 12.9. The molecule has 1 unspecified atom stereocenters. The number of hydrogen-bond acceptors (Lipinski definition) is 3. The zero-order valence-corrected chi connectivity index (χ0v) is 11.2. The summed E-state index contributed by atoms with van der Waals surface area (Å²) in [6.07, 6.45) is 5.33. The third kappa shape index (κ3) is 4.13. The number of rotatable bonds is 7. The third-order valence-corrected chi connectivity index (χ3v) is 3.23. The van der Waals surface area contributed by atoms with E-state index in [1.54, 1.807) is 0 Å². The van der Waals surface area contributed by atoms with Crippen molar-refractivity contribution in [3.05, 3.63) is 18.0 Å². The van der Waals surface area contributed by atoms with Crippen molar-refractivity contribution >= 4 is 0 Å². The molecule has 0 aliphatic carbocycles. The lowest BCUT2D eigenvalue weighted by atomic mass is 9.96. The molecule has 0 radical (unpaired) electrons. The summed E-state index contributed by atoms with van der Waals surface area (Å²) in [5, 5.41) is 14.6. The Labute approximate surface area is 104 Å². The smallest absolute Gasteiger partial charge is 0.0687 e. The van der Waals surface area contributed by atoms with Crippen LogP contribution in [-0.2, 0) is 6.42 Å². The number of aromatic nitrogens is 2. The molecule has 0 aromatic carbocycles. The molecule has 0 amide bonds. The molecule has 0 spiro atoms. The van der Waals surface area contributed by atoms with Crippen LogP contribution in [0.25, 0.3) is 0 Å². The number of hydrogen-bond donors (Lipinski definition) is 2. The second kappa shape index (κ2) is 6.17. The van der Waals surface area contributed by atoms with Crippen molar-refractivity contribution in [1.29, 1.82) is 0 Å². The van der Waals surface area contributed by atoms with E-state index in [9.17, 15) is 5.11 Å². The summed E-state index contributed by atoms with van der Waals surface area (Å²) in [5.74, 6) is 0. The molecule has 4 heteroatoms. The highest BCUT2D eigenvalue weighted by Crippen LogP contribution is 2.18. The fraction of sp³-hybridized carbons (Fsp3) is 0.769. The lowest BCUT2D eigenvalue weighted by Crippen LogP contribution is -2.30. The molecule has 17 heavy (non-hydrogen) atoms. The second-order valence-electron chi connectivity index (χ2n) is 4.97. The molecular weight excluding hydrogens is 214 g/mol. The van der Waals surface area contributed by atoms with Crippen LogP contribution in [0.3, 0.4) is 0 Å². The van der Waals surface area contributed by atoms with Gasteiger partial charge in [-0.3, -0.25) is 4.68 Å². The number of nitrogens with zero attached hydrogens (tertiary/aromatic N) is 2. The predicted octanol–water partition coefficient (Wildman–Crippen LogP) is 1.89. The number of nitrogens with two attached hydrogens (primary N) is 1. The summed E-state index contributed by atoms with van der Waals surface area (Å²) in [7, 11) is 0. The van der Waals surface area contributed by atoms with Gasteiger partial charge in [0.2, 0.25) is 0 Å². The van der Waals surface area contributed by atoms with Gasteiger partial charge in [-0.05, 0) is 38.8 Å². The van der Waals surface area contributed by atoms with Crippen LogP contribution in [0, 0.1) is 0 Å². The van der Waals surface area contributed by atoms with Gasteiger partial charge in [0.15, 0.2) is 0 Å². The monoisotopic (exact) mass is 239 g/mol. The van der Waals surface area contributed by atoms with Crippen LogP contribution in [0.1, 0.15) is 51.8 Å². The van der Waals surface area contributed by atoms with Crippen molar-refractivity contribution in [3.63, 3.8) is 0 Å². The SMILES string of the molecule is CCC(CC)n1ccc(CC(C)(O)CCN)n1. The first-order chi connectivity index (χ1) is 8.02. The molecule has 0 saturated carbocycles. The number of aliphatic hydroxyl groups is 1. The van der Waals surface area contributed by atoms with E-state index in [-0.39, 0.29) is 0 Å². The lowest BCUT2D eigenvalue weighted by Gasteiger charge is -2.21. The fourth-order valence-electron chi connectivity index (χ4n) is 2.13. The van der Waals surface area contributed by atoms with E-state index in [1.807, 2.05) is 23.9 Å². The van der Waals surface area contributed by atoms with E-state index in [0.29, 0.717) is 25.4 Å². The van der Waals surface area contributed by atoms with Crippen molar-refractivity contribution in [1.82, 2.24) is 9.78 Å². The van der Waals surface area contributed by atoms with Crippen molar-refractivity contribution in [2.75, 3.05) is 6.54 Å². The summed E-state index contributed by atoms with van der Waals surface area (Å²) >= 11 is 0. The van der Waals surface area contributed by atoms with Crippen LogP contribution in [0.4, 0.5) is 0 Å². The molecule has 4 nitrogen and oxygen atoms in total. The molecule has 98 valence electrons. The molecule has 0 saturated heterocycles. The van der Waals surface area contributed by atoms with E-state index in [0.717, 1.165) is 18.5 Å². The fourth-order valence-corrected chi connectivity index (χ4v) is 2.13. The van der Waals surface area contributed by atoms with Crippen LogP contribution >= 0.6 is 0 Å². The Morgan fingerprint density at radius 3 is 2.65 bits per heavy atom.